The molecule has 1 fully saturated rings. The highest BCUT2D eigenvalue weighted by Crippen LogP contribution is 2.43. The predicted octanol–water partition coefficient (Wildman–Crippen LogP) is 4.63. The number of fused-ring (bicyclic) bond motifs is 1. The monoisotopic (exact) mass is 338 g/mol. The highest BCUT2D eigenvalue weighted by molar-refractivity contribution is 5.86. The first kappa shape index (κ1) is 18.5. The minimum Gasteiger partial charge on any atom is -0.459 e. The summed E-state index contributed by atoms with van der Waals surface area (Å²) in [6, 6.07) is 17.9. The Kier molecular flexibility index (Phi) is 6.99. The lowest BCUT2D eigenvalue weighted by molar-refractivity contribution is -0.139. The van der Waals surface area contributed by atoms with E-state index in [1.807, 2.05) is 60.7 Å². The zero-order valence-electron chi connectivity index (χ0n) is 14.3. The maximum atomic E-state index is 10.7. The Hall–Kier alpha value is -2.85. The van der Waals surface area contributed by atoms with Crippen LogP contribution in [-0.4, -0.2) is 25.3 Å². The van der Waals surface area contributed by atoms with Crippen LogP contribution in [0.1, 0.15) is 12.5 Å². The Balaban J connectivity index is 0.000000137. The highest BCUT2D eigenvalue weighted by Gasteiger charge is 2.24. The average molecular weight is 338 g/mol. The molecule has 2 aliphatic rings. The number of carbonyl (C=O) groups excluding carboxylic acids is 1. The number of carbonyl (C=O) groups is 1. The topological polar surface area (TPSA) is 51.4 Å². The molecule has 25 heavy (non-hydrogen) atoms. The molecule has 4 heteroatoms. The molecule has 0 aliphatic carbocycles. The van der Waals surface area contributed by atoms with Gasteiger partial charge in [-0.3, -0.25) is 0 Å². The second-order valence-corrected chi connectivity index (χ2v) is 5.50. The van der Waals surface area contributed by atoms with Crippen LogP contribution in [0.25, 0.3) is 6.08 Å². The predicted molar refractivity (Wildman–Crippen MR) is 98.6 cm³/mol. The van der Waals surface area contributed by atoms with Crippen molar-refractivity contribution in [3.8, 4) is 11.5 Å². The molecular formula is C21H22O4. The van der Waals surface area contributed by atoms with Crippen molar-refractivity contribution < 1.29 is 19.0 Å². The maximum Gasteiger partial charge on any atom is 0.333 e. The molecule has 4 rings (SSSR count). The van der Waals surface area contributed by atoms with Crippen LogP contribution in [0.3, 0.4) is 0 Å². The molecule has 2 heterocycles. The number of epoxide rings is 1. The summed E-state index contributed by atoms with van der Waals surface area (Å²) in [6.45, 7) is 9.77. The molecule has 1 unspecified atom stereocenters. The van der Waals surface area contributed by atoms with Crippen LogP contribution < -0.4 is 4.74 Å². The first-order valence-corrected chi connectivity index (χ1v) is 7.98. The second-order valence-electron chi connectivity index (χ2n) is 5.50. The van der Waals surface area contributed by atoms with E-state index in [1.54, 1.807) is 6.92 Å². The Labute approximate surface area is 148 Å². The minimum absolute atomic E-state index is 0.142. The third-order valence-electron chi connectivity index (χ3n) is 3.21. The van der Waals surface area contributed by atoms with E-state index in [1.165, 1.54) is 5.56 Å². The first-order valence-electron chi connectivity index (χ1n) is 7.98. The van der Waals surface area contributed by atoms with Gasteiger partial charge in [-0.1, -0.05) is 61.7 Å². The van der Waals surface area contributed by atoms with Gasteiger partial charge in [-0.2, -0.15) is 0 Å². The van der Waals surface area contributed by atoms with Crippen molar-refractivity contribution >= 4 is 12.0 Å². The van der Waals surface area contributed by atoms with Crippen molar-refractivity contribution in [2.24, 2.45) is 0 Å². The SMILES string of the molecule is C=C(C)C(=O)OCC1CO1.C=Cc1ccccc1.c1ccc2c(c1)O2. The van der Waals surface area contributed by atoms with Crippen LogP contribution in [0.2, 0.25) is 0 Å². The quantitative estimate of drug-likeness (QED) is 0.395. The summed E-state index contributed by atoms with van der Waals surface area (Å²) in [5.41, 5.74) is 1.60. The number of ether oxygens (including phenoxy) is 3. The molecule has 0 amide bonds. The van der Waals surface area contributed by atoms with Crippen LogP contribution in [0.5, 0.6) is 11.5 Å². The van der Waals surface area contributed by atoms with Crippen molar-refractivity contribution in [1.29, 1.82) is 0 Å². The second kappa shape index (κ2) is 9.45. The maximum absolute atomic E-state index is 10.7. The Morgan fingerprint density at radius 2 is 1.72 bits per heavy atom. The molecule has 0 spiro atoms. The largest absolute Gasteiger partial charge is 0.459 e. The van der Waals surface area contributed by atoms with Gasteiger partial charge in [-0.05, 0) is 24.6 Å². The fraction of sp³-hybridized carbons (Fsp3) is 0.190. The number of hydrogen-bond acceptors (Lipinski definition) is 4. The summed E-state index contributed by atoms with van der Waals surface area (Å²) in [6.07, 6.45) is 1.98. The smallest absolute Gasteiger partial charge is 0.333 e. The van der Waals surface area contributed by atoms with Crippen molar-refractivity contribution in [3.05, 3.63) is 78.9 Å². The summed E-state index contributed by atoms with van der Waals surface area (Å²) in [7, 11) is 0. The third-order valence-corrected chi connectivity index (χ3v) is 3.21. The zero-order chi connectivity index (χ0) is 18.1. The Bertz CT molecular complexity index is 697. The van der Waals surface area contributed by atoms with Crippen LogP contribution in [0.4, 0.5) is 0 Å². The lowest BCUT2D eigenvalue weighted by Gasteiger charge is -1.99. The van der Waals surface area contributed by atoms with Gasteiger partial charge in [-0.15, -0.1) is 0 Å². The summed E-state index contributed by atoms with van der Waals surface area (Å²) in [4.78, 5) is 10.7. The zero-order valence-corrected chi connectivity index (χ0v) is 14.3. The van der Waals surface area contributed by atoms with Gasteiger partial charge in [0, 0.05) is 5.57 Å². The Morgan fingerprint density at radius 3 is 2.12 bits per heavy atom. The number of rotatable bonds is 4. The van der Waals surface area contributed by atoms with Crippen molar-refractivity contribution in [1.82, 2.24) is 0 Å². The van der Waals surface area contributed by atoms with Crippen molar-refractivity contribution in [2.75, 3.05) is 13.2 Å². The number of esters is 1. The van der Waals surface area contributed by atoms with Crippen molar-refractivity contribution in [3.63, 3.8) is 0 Å². The molecule has 130 valence electrons. The normalized spacial score (nSPS) is 14.8. The molecule has 2 aromatic carbocycles. The van der Waals surface area contributed by atoms with E-state index in [-0.39, 0.29) is 12.1 Å². The van der Waals surface area contributed by atoms with Gasteiger partial charge in [0.2, 0.25) is 0 Å². The highest BCUT2D eigenvalue weighted by atomic mass is 16.6. The van der Waals surface area contributed by atoms with Gasteiger partial charge in [0.1, 0.15) is 12.7 Å². The number of benzene rings is 2. The van der Waals surface area contributed by atoms with E-state index >= 15 is 0 Å². The lowest BCUT2D eigenvalue weighted by atomic mass is 10.2. The fourth-order valence-electron chi connectivity index (χ4n) is 1.66. The molecule has 0 aromatic heterocycles. The van der Waals surface area contributed by atoms with Crippen LogP contribution in [0.15, 0.2) is 73.3 Å². The molecule has 0 bridgehead atoms. The molecule has 2 aromatic rings. The van der Waals surface area contributed by atoms with Crippen molar-refractivity contribution in [2.45, 2.75) is 13.0 Å². The van der Waals surface area contributed by atoms with Gasteiger partial charge in [0.05, 0.1) is 6.61 Å². The van der Waals surface area contributed by atoms with E-state index in [0.717, 1.165) is 11.5 Å². The molecule has 0 radical (unpaired) electrons. The van der Waals surface area contributed by atoms with E-state index in [2.05, 4.69) is 13.2 Å². The molecule has 0 N–H and O–H groups in total. The minimum atomic E-state index is -0.337. The summed E-state index contributed by atoms with van der Waals surface area (Å²) < 4.78 is 14.5. The third kappa shape index (κ3) is 7.50. The van der Waals surface area contributed by atoms with Gasteiger partial charge >= 0.3 is 5.97 Å². The van der Waals surface area contributed by atoms with Crippen LogP contribution in [0, 0.1) is 0 Å². The van der Waals surface area contributed by atoms with Gasteiger partial charge in [0.25, 0.3) is 0 Å². The molecule has 2 aliphatic heterocycles. The average Bonchev–Trinajstić information content (AvgIpc) is 3.55. The fourth-order valence-corrected chi connectivity index (χ4v) is 1.66. The number of hydrogen-bond donors (Lipinski definition) is 0. The Morgan fingerprint density at radius 1 is 1.16 bits per heavy atom. The standard InChI is InChI=1S/C8H8.C7H10O3.C6H4O/c1-2-8-6-4-3-5-7-8;1-5(2)7(8)10-4-6-3-9-6;1-2-4-6-5(3-1)7-6/h2-7H,1H2;6H,1,3-4H2,2H3;1-4H. The first-order chi connectivity index (χ1) is 12.1. The molecule has 1 saturated heterocycles. The van der Waals surface area contributed by atoms with E-state index < -0.39 is 0 Å². The summed E-state index contributed by atoms with van der Waals surface area (Å²) in [5.74, 6) is 1.72. The number of para-hydroxylation sites is 2. The van der Waals surface area contributed by atoms with E-state index in [9.17, 15) is 4.79 Å². The van der Waals surface area contributed by atoms with Crippen LogP contribution in [-0.2, 0) is 14.3 Å². The van der Waals surface area contributed by atoms with Crippen LogP contribution >= 0.6 is 0 Å². The van der Waals surface area contributed by atoms with Gasteiger partial charge in [0.15, 0.2) is 11.5 Å². The van der Waals surface area contributed by atoms with Gasteiger partial charge < -0.3 is 14.2 Å². The molecule has 0 saturated carbocycles. The van der Waals surface area contributed by atoms with E-state index in [4.69, 9.17) is 14.2 Å². The summed E-state index contributed by atoms with van der Waals surface area (Å²) >= 11 is 0. The van der Waals surface area contributed by atoms with Gasteiger partial charge in [-0.25, -0.2) is 4.79 Å². The summed E-state index contributed by atoms with van der Waals surface area (Å²) in [5, 5.41) is 0. The molecular weight excluding hydrogens is 316 g/mol. The molecule has 4 nitrogen and oxygen atoms in total. The molecule has 1 atom stereocenters. The lowest BCUT2D eigenvalue weighted by Crippen LogP contribution is -2.09. The van der Waals surface area contributed by atoms with E-state index in [0.29, 0.717) is 18.8 Å².